The summed E-state index contributed by atoms with van der Waals surface area (Å²) in [6, 6.07) is 5.91. The number of methoxy groups -OCH3 is 1. The van der Waals surface area contributed by atoms with Crippen molar-refractivity contribution in [3.8, 4) is 5.75 Å². The van der Waals surface area contributed by atoms with Crippen molar-refractivity contribution in [2.24, 2.45) is 0 Å². The van der Waals surface area contributed by atoms with E-state index in [1.54, 1.807) is 12.1 Å². The molecule has 1 fully saturated rings. The first kappa shape index (κ1) is 14.8. The molecular formula is C15H22N2O3. The highest BCUT2D eigenvalue weighted by Gasteiger charge is 2.21. The number of ether oxygens (including phenoxy) is 1. The van der Waals surface area contributed by atoms with Crippen LogP contribution in [0.25, 0.3) is 0 Å². The van der Waals surface area contributed by atoms with E-state index < -0.39 is 5.97 Å². The molecule has 0 radical (unpaired) electrons. The zero-order chi connectivity index (χ0) is 14.7. The lowest BCUT2D eigenvalue weighted by Crippen LogP contribution is -2.49. The maximum absolute atomic E-state index is 11.2. The number of aromatic carboxylic acids is 1. The minimum atomic E-state index is -0.949. The van der Waals surface area contributed by atoms with E-state index in [1.165, 1.54) is 7.11 Å². The minimum Gasteiger partial charge on any atom is -0.496 e. The summed E-state index contributed by atoms with van der Waals surface area (Å²) in [5, 5.41) is 9.20. The van der Waals surface area contributed by atoms with E-state index in [9.17, 15) is 9.90 Å². The summed E-state index contributed by atoms with van der Waals surface area (Å²) in [6.07, 6.45) is 0. The van der Waals surface area contributed by atoms with Crippen LogP contribution in [0.3, 0.4) is 0 Å². The summed E-state index contributed by atoms with van der Waals surface area (Å²) in [7, 11) is 3.63. The molecule has 2 rings (SSSR count). The third kappa shape index (κ3) is 3.29. The Hall–Kier alpha value is -1.59. The smallest absolute Gasteiger partial charge is 0.339 e. The van der Waals surface area contributed by atoms with Crippen molar-refractivity contribution in [1.29, 1.82) is 0 Å². The molecule has 1 aromatic carbocycles. The standard InChI is InChI=1S/C15H22N2O3/c1-11-9-17(7-6-16(11)2)10-12-4-5-14(20-3)13(8-12)15(18)19/h4-5,8,11H,6-7,9-10H2,1-3H3,(H,18,19). The van der Waals surface area contributed by atoms with E-state index in [-0.39, 0.29) is 5.56 Å². The first-order valence-corrected chi connectivity index (χ1v) is 6.84. The molecule has 0 amide bonds. The van der Waals surface area contributed by atoms with Crippen LogP contribution < -0.4 is 4.74 Å². The van der Waals surface area contributed by atoms with E-state index in [4.69, 9.17) is 4.74 Å². The van der Waals surface area contributed by atoms with Crippen molar-refractivity contribution in [3.05, 3.63) is 29.3 Å². The van der Waals surface area contributed by atoms with Crippen LogP contribution in [0.15, 0.2) is 18.2 Å². The molecule has 1 aliphatic heterocycles. The number of likely N-dealkylation sites (N-methyl/N-ethyl adjacent to an activating group) is 1. The fraction of sp³-hybridized carbons (Fsp3) is 0.533. The molecule has 1 aliphatic rings. The molecule has 1 aromatic rings. The predicted molar refractivity (Wildman–Crippen MR) is 77.3 cm³/mol. The molecule has 0 aromatic heterocycles. The lowest BCUT2D eigenvalue weighted by Gasteiger charge is -2.37. The first-order chi connectivity index (χ1) is 9.51. The second-order valence-corrected chi connectivity index (χ2v) is 5.40. The number of piperazine rings is 1. The molecule has 110 valence electrons. The zero-order valence-corrected chi connectivity index (χ0v) is 12.3. The molecule has 0 spiro atoms. The van der Waals surface area contributed by atoms with Gasteiger partial charge in [-0.1, -0.05) is 6.07 Å². The number of carboxylic acid groups (broad SMARTS) is 1. The summed E-state index contributed by atoms with van der Waals surface area (Å²) in [6.45, 7) is 6.05. The molecule has 1 atom stereocenters. The van der Waals surface area contributed by atoms with Crippen molar-refractivity contribution >= 4 is 5.97 Å². The van der Waals surface area contributed by atoms with Crippen molar-refractivity contribution < 1.29 is 14.6 Å². The minimum absolute atomic E-state index is 0.229. The largest absolute Gasteiger partial charge is 0.496 e. The van der Waals surface area contributed by atoms with Crippen LogP contribution in [-0.4, -0.2) is 60.7 Å². The first-order valence-electron chi connectivity index (χ1n) is 6.84. The van der Waals surface area contributed by atoms with E-state index in [1.807, 2.05) is 6.07 Å². The second kappa shape index (κ2) is 6.24. The van der Waals surface area contributed by atoms with Gasteiger partial charge in [-0.2, -0.15) is 0 Å². The topological polar surface area (TPSA) is 53.0 Å². The highest BCUT2D eigenvalue weighted by molar-refractivity contribution is 5.91. The van der Waals surface area contributed by atoms with Crippen LogP contribution in [-0.2, 0) is 6.54 Å². The summed E-state index contributed by atoms with van der Waals surface area (Å²) < 4.78 is 5.08. The summed E-state index contributed by atoms with van der Waals surface area (Å²) in [5.41, 5.74) is 1.24. The van der Waals surface area contributed by atoms with Crippen molar-refractivity contribution in [1.82, 2.24) is 9.80 Å². The van der Waals surface area contributed by atoms with Gasteiger partial charge in [-0.3, -0.25) is 4.90 Å². The van der Waals surface area contributed by atoms with Crippen LogP contribution in [0.4, 0.5) is 0 Å². The number of hydrogen-bond donors (Lipinski definition) is 1. The Bertz CT molecular complexity index is 490. The number of benzene rings is 1. The van der Waals surface area contributed by atoms with Gasteiger partial charge < -0.3 is 14.7 Å². The number of rotatable bonds is 4. The molecule has 0 aliphatic carbocycles. The number of hydrogen-bond acceptors (Lipinski definition) is 4. The zero-order valence-electron chi connectivity index (χ0n) is 12.3. The van der Waals surface area contributed by atoms with Gasteiger partial charge in [0.05, 0.1) is 7.11 Å². The third-order valence-corrected chi connectivity index (χ3v) is 3.94. The fourth-order valence-corrected chi connectivity index (χ4v) is 2.55. The average molecular weight is 278 g/mol. The van der Waals surface area contributed by atoms with Crippen LogP contribution >= 0.6 is 0 Å². The Morgan fingerprint density at radius 2 is 2.20 bits per heavy atom. The Morgan fingerprint density at radius 1 is 1.45 bits per heavy atom. The van der Waals surface area contributed by atoms with Gasteiger partial charge in [0, 0.05) is 32.2 Å². The summed E-state index contributed by atoms with van der Waals surface area (Å²) in [4.78, 5) is 15.9. The maximum Gasteiger partial charge on any atom is 0.339 e. The summed E-state index contributed by atoms with van der Waals surface area (Å²) in [5.74, 6) is -0.538. The molecule has 1 N–H and O–H groups in total. The molecule has 1 unspecified atom stereocenters. The highest BCUT2D eigenvalue weighted by Crippen LogP contribution is 2.21. The van der Waals surface area contributed by atoms with Gasteiger partial charge in [-0.25, -0.2) is 4.79 Å². The molecule has 5 heteroatoms. The Labute approximate surface area is 119 Å². The normalized spacial score (nSPS) is 20.9. The second-order valence-electron chi connectivity index (χ2n) is 5.40. The number of nitrogens with zero attached hydrogens (tertiary/aromatic N) is 2. The van der Waals surface area contributed by atoms with Crippen molar-refractivity contribution in [2.75, 3.05) is 33.8 Å². The highest BCUT2D eigenvalue weighted by atomic mass is 16.5. The van der Waals surface area contributed by atoms with Crippen molar-refractivity contribution in [3.63, 3.8) is 0 Å². The lowest BCUT2D eigenvalue weighted by molar-refractivity contribution is 0.0692. The van der Waals surface area contributed by atoms with Crippen molar-refractivity contribution in [2.45, 2.75) is 19.5 Å². The van der Waals surface area contributed by atoms with Crippen LogP contribution in [0.1, 0.15) is 22.8 Å². The molecule has 1 heterocycles. The molecular weight excluding hydrogens is 256 g/mol. The Kier molecular flexibility index (Phi) is 4.62. The Morgan fingerprint density at radius 3 is 2.80 bits per heavy atom. The third-order valence-electron chi connectivity index (χ3n) is 3.94. The number of carbonyl (C=O) groups is 1. The quantitative estimate of drug-likeness (QED) is 0.905. The van der Waals surface area contributed by atoms with Gasteiger partial charge >= 0.3 is 5.97 Å². The van der Waals surface area contributed by atoms with Crippen LogP contribution in [0, 0.1) is 0 Å². The molecule has 1 saturated heterocycles. The molecule has 5 nitrogen and oxygen atoms in total. The average Bonchev–Trinajstić information content (AvgIpc) is 2.43. The van der Waals surface area contributed by atoms with Gasteiger partial charge in [0.1, 0.15) is 11.3 Å². The van der Waals surface area contributed by atoms with Gasteiger partial charge in [0.2, 0.25) is 0 Å². The van der Waals surface area contributed by atoms with E-state index >= 15 is 0 Å². The van der Waals surface area contributed by atoms with Crippen LogP contribution in [0.5, 0.6) is 5.75 Å². The fourth-order valence-electron chi connectivity index (χ4n) is 2.55. The van der Waals surface area contributed by atoms with E-state index in [0.29, 0.717) is 11.8 Å². The maximum atomic E-state index is 11.2. The van der Waals surface area contributed by atoms with Gasteiger partial charge in [-0.15, -0.1) is 0 Å². The SMILES string of the molecule is COc1ccc(CN2CCN(C)C(C)C2)cc1C(=O)O. The molecule has 20 heavy (non-hydrogen) atoms. The predicted octanol–water partition coefficient (Wildman–Crippen LogP) is 1.53. The van der Waals surface area contributed by atoms with Gasteiger partial charge in [0.25, 0.3) is 0 Å². The van der Waals surface area contributed by atoms with Crippen LogP contribution in [0.2, 0.25) is 0 Å². The Balaban J connectivity index is 2.10. The molecule has 0 saturated carbocycles. The number of carboxylic acids is 1. The lowest BCUT2D eigenvalue weighted by atomic mass is 10.1. The van der Waals surface area contributed by atoms with Gasteiger partial charge in [0.15, 0.2) is 0 Å². The summed E-state index contributed by atoms with van der Waals surface area (Å²) >= 11 is 0. The molecule has 0 bridgehead atoms. The van der Waals surface area contributed by atoms with Gasteiger partial charge in [-0.05, 0) is 31.7 Å². The van der Waals surface area contributed by atoms with E-state index in [0.717, 1.165) is 31.7 Å². The van der Waals surface area contributed by atoms with E-state index in [2.05, 4.69) is 23.8 Å². The monoisotopic (exact) mass is 278 g/mol.